The number of hydrogen-bond acceptors (Lipinski definition) is 6. The van der Waals surface area contributed by atoms with E-state index in [2.05, 4.69) is 10.4 Å². The second-order valence-corrected chi connectivity index (χ2v) is 11.5. The van der Waals surface area contributed by atoms with Crippen LogP contribution in [0.25, 0.3) is 0 Å². The Kier molecular flexibility index (Phi) is 9.46. The highest BCUT2D eigenvalue weighted by Crippen LogP contribution is 2.30. The lowest BCUT2D eigenvalue weighted by Gasteiger charge is -2.21. The molecule has 0 aliphatic heterocycles. The molecule has 0 spiro atoms. The van der Waals surface area contributed by atoms with Crippen molar-refractivity contribution in [2.24, 2.45) is 5.10 Å². The van der Waals surface area contributed by atoms with Crippen molar-refractivity contribution >= 4 is 33.7 Å². The van der Waals surface area contributed by atoms with Gasteiger partial charge >= 0.3 is 18.0 Å². The number of hydrazone groups is 1. The van der Waals surface area contributed by atoms with Gasteiger partial charge in [0, 0.05) is 12.2 Å². The maximum Gasteiger partial charge on any atom is 0.416 e. The van der Waals surface area contributed by atoms with Crippen molar-refractivity contribution in [1.29, 1.82) is 0 Å². The molecule has 0 aliphatic rings. The van der Waals surface area contributed by atoms with Crippen molar-refractivity contribution in [1.82, 2.24) is 9.73 Å². The second-order valence-electron chi connectivity index (χ2n) is 9.61. The molecule has 224 valence electrons. The number of alkyl halides is 3. The first-order chi connectivity index (χ1) is 20.3. The van der Waals surface area contributed by atoms with Crippen molar-refractivity contribution in [3.63, 3.8) is 0 Å². The summed E-state index contributed by atoms with van der Waals surface area (Å²) in [7, 11) is -3.91. The average Bonchev–Trinajstić information content (AvgIpc) is 3.41. The van der Waals surface area contributed by atoms with E-state index in [1.165, 1.54) is 16.4 Å². The van der Waals surface area contributed by atoms with Gasteiger partial charge in [0.05, 0.1) is 23.2 Å². The third-order valence-corrected chi connectivity index (χ3v) is 7.97. The van der Waals surface area contributed by atoms with Gasteiger partial charge in [-0.1, -0.05) is 53.6 Å². The van der Waals surface area contributed by atoms with E-state index in [4.69, 9.17) is 4.42 Å². The van der Waals surface area contributed by atoms with Crippen LogP contribution in [0, 0.1) is 13.8 Å². The molecule has 0 atom stereocenters. The molecule has 43 heavy (non-hydrogen) atoms. The zero-order valence-corrected chi connectivity index (χ0v) is 23.9. The van der Waals surface area contributed by atoms with E-state index < -0.39 is 33.6 Å². The number of carbonyl (C=O) groups excluding carboxylic acids is 2. The number of rotatable bonds is 9. The predicted molar refractivity (Wildman–Crippen MR) is 153 cm³/mol. The Morgan fingerprint density at radius 2 is 1.53 bits per heavy atom. The molecule has 0 saturated heterocycles. The summed E-state index contributed by atoms with van der Waals surface area (Å²) in [6.07, 6.45) is -3.52. The number of benzene rings is 3. The molecule has 4 aromatic rings. The normalized spacial score (nSPS) is 12.0. The van der Waals surface area contributed by atoms with Crippen LogP contribution in [0.1, 0.15) is 33.8 Å². The summed E-state index contributed by atoms with van der Waals surface area (Å²) in [5.41, 5.74) is 3.49. The van der Waals surface area contributed by atoms with E-state index in [1.54, 1.807) is 30.3 Å². The van der Waals surface area contributed by atoms with Gasteiger partial charge in [0.15, 0.2) is 0 Å². The number of anilines is 1. The fourth-order valence-electron chi connectivity index (χ4n) is 3.87. The van der Waals surface area contributed by atoms with Gasteiger partial charge in [0.1, 0.15) is 11.5 Å². The molecule has 2 amide bonds. The molecular weight excluding hydrogens is 585 g/mol. The number of nitrogens with zero attached hydrogens (tertiary/aromatic N) is 2. The first kappa shape index (κ1) is 31.2. The number of sulfonamides is 1. The molecule has 3 aromatic carbocycles. The molecule has 0 saturated carbocycles. The molecule has 2 N–H and O–H groups in total. The highest BCUT2D eigenvalue weighted by atomic mass is 32.2. The van der Waals surface area contributed by atoms with Crippen LogP contribution < -0.4 is 10.7 Å². The molecule has 0 unspecified atom stereocenters. The second kappa shape index (κ2) is 13.0. The van der Waals surface area contributed by atoms with Crippen LogP contribution in [-0.4, -0.2) is 30.8 Å². The van der Waals surface area contributed by atoms with Gasteiger partial charge in [0.2, 0.25) is 10.0 Å². The van der Waals surface area contributed by atoms with Gasteiger partial charge < -0.3 is 9.73 Å². The van der Waals surface area contributed by atoms with Crippen LogP contribution in [0.15, 0.2) is 99.3 Å². The minimum atomic E-state index is -4.61. The Morgan fingerprint density at radius 1 is 0.884 bits per heavy atom. The van der Waals surface area contributed by atoms with E-state index in [1.807, 2.05) is 43.5 Å². The van der Waals surface area contributed by atoms with Crippen molar-refractivity contribution in [3.05, 3.63) is 119 Å². The molecule has 13 heteroatoms. The summed E-state index contributed by atoms with van der Waals surface area (Å²) >= 11 is 0. The third kappa shape index (κ3) is 8.40. The number of furan rings is 1. The van der Waals surface area contributed by atoms with Crippen LogP contribution in [0.2, 0.25) is 0 Å². The Balaban J connectivity index is 1.42. The molecular formula is C30H27F3N4O5S. The summed E-state index contributed by atoms with van der Waals surface area (Å²) < 4.78 is 72.7. The number of hydrogen-bond donors (Lipinski definition) is 2. The van der Waals surface area contributed by atoms with Gasteiger partial charge in [-0.05, 0) is 61.9 Å². The zero-order valence-electron chi connectivity index (χ0n) is 23.1. The van der Waals surface area contributed by atoms with E-state index in [0.717, 1.165) is 35.0 Å². The lowest BCUT2D eigenvalue weighted by Crippen LogP contribution is -2.32. The lowest BCUT2D eigenvalue weighted by atomic mass is 10.1. The Morgan fingerprint density at radius 3 is 2.19 bits per heavy atom. The fraction of sp³-hybridized carbons (Fsp3) is 0.167. The third-order valence-electron chi connectivity index (χ3n) is 6.16. The van der Waals surface area contributed by atoms with E-state index in [0.29, 0.717) is 6.07 Å². The maximum absolute atomic E-state index is 13.6. The topological polar surface area (TPSA) is 121 Å². The summed E-state index contributed by atoms with van der Waals surface area (Å²) in [5, 5.41) is 5.71. The molecule has 1 aromatic heterocycles. The molecule has 0 fully saturated rings. The number of halogens is 3. The van der Waals surface area contributed by atoms with E-state index in [9.17, 15) is 31.2 Å². The molecule has 4 rings (SSSR count). The van der Waals surface area contributed by atoms with Crippen LogP contribution in [0.5, 0.6) is 0 Å². The minimum absolute atomic E-state index is 0.0810. The summed E-state index contributed by atoms with van der Waals surface area (Å²) in [5.74, 6) is -2.02. The van der Waals surface area contributed by atoms with Crippen molar-refractivity contribution in [3.8, 4) is 0 Å². The highest BCUT2D eigenvalue weighted by Gasteiger charge is 2.31. The molecule has 0 bridgehead atoms. The Hall–Kier alpha value is -4.75. The Labute approximate surface area is 246 Å². The summed E-state index contributed by atoms with van der Waals surface area (Å²) in [4.78, 5) is 24.3. The van der Waals surface area contributed by atoms with Crippen LogP contribution in [0.3, 0.4) is 0 Å². The van der Waals surface area contributed by atoms with Crippen LogP contribution in [0.4, 0.5) is 18.9 Å². The van der Waals surface area contributed by atoms with E-state index >= 15 is 0 Å². The SMILES string of the molecule is Cc1ccc(CN(Cc2ccc(/C=N/NC(=O)C(=O)Nc3cccc(C(F)(F)F)c3)o2)S(=O)(=O)c2ccc(C)cc2)cc1. The fourth-order valence-corrected chi connectivity index (χ4v) is 5.27. The molecule has 9 nitrogen and oxygen atoms in total. The highest BCUT2D eigenvalue weighted by molar-refractivity contribution is 7.89. The standard InChI is InChI=1S/C30H27F3N4O5S/c1-20-6-10-22(11-7-20)18-37(43(40,41)27-14-8-21(2)9-15-27)19-26-13-12-25(42-26)17-34-36-29(39)28(38)35-24-5-3-4-23(16-24)30(31,32)33/h3-17H,18-19H2,1-2H3,(H,35,38)(H,36,39)/b34-17+. The zero-order chi connectivity index (χ0) is 31.2. The quantitative estimate of drug-likeness (QED) is 0.149. The first-order valence-electron chi connectivity index (χ1n) is 12.8. The monoisotopic (exact) mass is 612 g/mol. The van der Waals surface area contributed by atoms with Gasteiger partial charge in [-0.3, -0.25) is 9.59 Å². The number of carbonyl (C=O) groups is 2. The maximum atomic E-state index is 13.6. The lowest BCUT2D eigenvalue weighted by molar-refractivity contribution is -0.137. The van der Waals surface area contributed by atoms with Crippen molar-refractivity contribution in [2.75, 3.05) is 5.32 Å². The largest absolute Gasteiger partial charge is 0.459 e. The predicted octanol–water partition coefficient (Wildman–Crippen LogP) is 5.40. The first-order valence-corrected chi connectivity index (χ1v) is 14.3. The van der Waals surface area contributed by atoms with E-state index in [-0.39, 0.29) is 35.2 Å². The van der Waals surface area contributed by atoms with Crippen LogP contribution in [-0.2, 0) is 38.9 Å². The summed E-state index contributed by atoms with van der Waals surface area (Å²) in [6, 6.07) is 20.9. The van der Waals surface area contributed by atoms with Gasteiger partial charge in [0.25, 0.3) is 0 Å². The average molecular weight is 613 g/mol. The number of amides is 2. The molecule has 0 aliphatic carbocycles. The van der Waals surface area contributed by atoms with Crippen molar-refractivity contribution in [2.45, 2.75) is 38.0 Å². The smallest absolute Gasteiger partial charge is 0.416 e. The minimum Gasteiger partial charge on any atom is -0.459 e. The Bertz CT molecular complexity index is 1730. The van der Waals surface area contributed by atoms with Gasteiger partial charge in [-0.25, -0.2) is 13.8 Å². The molecule has 1 heterocycles. The number of aryl methyl sites for hydroxylation is 2. The summed E-state index contributed by atoms with van der Waals surface area (Å²) in [6.45, 7) is 3.76. The van der Waals surface area contributed by atoms with Crippen LogP contribution >= 0.6 is 0 Å². The van der Waals surface area contributed by atoms with Gasteiger partial charge in [-0.15, -0.1) is 0 Å². The van der Waals surface area contributed by atoms with Gasteiger partial charge in [-0.2, -0.15) is 22.6 Å². The molecule has 0 radical (unpaired) electrons. The van der Waals surface area contributed by atoms with Crippen molar-refractivity contribution < 1.29 is 35.6 Å². The number of nitrogens with one attached hydrogen (secondary N) is 2.